The summed E-state index contributed by atoms with van der Waals surface area (Å²) in [4.78, 5) is 4.09. The number of aromatic nitrogens is 1. The van der Waals surface area contributed by atoms with Crippen molar-refractivity contribution in [1.82, 2.24) is 5.16 Å². The number of anilines is 1. The molecule has 106 valence electrons. The third-order valence-electron chi connectivity index (χ3n) is 4.20. The molecule has 1 aromatic heterocycles. The van der Waals surface area contributed by atoms with Gasteiger partial charge in [0.05, 0.1) is 37.4 Å². The van der Waals surface area contributed by atoms with Crippen molar-refractivity contribution in [2.24, 2.45) is 0 Å². The zero-order valence-corrected chi connectivity index (χ0v) is 12.2. The lowest BCUT2D eigenvalue weighted by Crippen LogP contribution is -3.13. The molecule has 20 heavy (non-hydrogen) atoms. The van der Waals surface area contributed by atoms with Crippen LogP contribution in [0.4, 0.5) is 5.69 Å². The van der Waals surface area contributed by atoms with Gasteiger partial charge in [-0.25, -0.2) is 0 Å². The minimum Gasteiger partial charge on any atom is -0.361 e. The second kappa shape index (κ2) is 5.67. The smallest absolute Gasteiger partial charge is 0.142 e. The normalized spacial score (nSPS) is 16.6. The molecule has 1 aliphatic rings. The minimum absolute atomic E-state index is 0.973. The van der Waals surface area contributed by atoms with Crippen LogP contribution in [0.2, 0.25) is 0 Å². The highest BCUT2D eigenvalue weighted by molar-refractivity contribution is 5.46. The van der Waals surface area contributed by atoms with E-state index < -0.39 is 0 Å². The Labute approximate surface area is 120 Å². The van der Waals surface area contributed by atoms with Crippen molar-refractivity contribution in [3.05, 3.63) is 47.3 Å². The highest BCUT2D eigenvalue weighted by Crippen LogP contribution is 2.13. The molecule has 2 heterocycles. The van der Waals surface area contributed by atoms with E-state index >= 15 is 0 Å². The van der Waals surface area contributed by atoms with Crippen LogP contribution in [-0.4, -0.2) is 31.3 Å². The lowest BCUT2D eigenvalue weighted by Gasteiger charge is -2.33. The maximum Gasteiger partial charge on any atom is 0.142 e. The van der Waals surface area contributed by atoms with E-state index in [1.54, 1.807) is 4.90 Å². The molecule has 4 heteroatoms. The summed E-state index contributed by atoms with van der Waals surface area (Å²) in [6, 6.07) is 10.7. The first-order valence-electron chi connectivity index (χ1n) is 7.29. The first-order chi connectivity index (χ1) is 9.74. The molecule has 0 radical (unpaired) electrons. The number of hydrogen-bond donors (Lipinski definition) is 1. The zero-order valence-electron chi connectivity index (χ0n) is 12.2. The Morgan fingerprint density at radius 1 is 1.15 bits per heavy atom. The number of hydrogen-bond acceptors (Lipinski definition) is 3. The molecule has 0 bridgehead atoms. The number of para-hydroxylation sites is 1. The van der Waals surface area contributed by atoms with Crippen molar-refractivity contribution in [3.63, 3.8) is 0 Å². The third-order valence-corrected chi connectivity index (χ3v) is 4.20. The molecule has 2 aromatic rings. The van der Waals surface area contributed by atoms with Gasteiger partial charge in [0.25, 0.3) is 0 Å². The highest BCUT2D eigenvalue weighted by atomic mass is 16.5. The summed E-state index contributed by atoms with van der Waals surface area (Å²) in [5.41, 5.74) is 3.66. The van der Waals surface area contributed by atoms with Crippen LogP contribution in [0.15, 0.2) is 34.9 Å². The summed E-state index contributed by atoms with van der Waals surface area (Å²) < 4.78 is 5.25. The van der Waals surface area contributed by atoms with Crippen LogP contribution >= 0.6 is 0 Å². The Morgan fingerprint density at radius 3 is 2.45 bits per heavy atom. The standard InChI is InChI=1S/C16H21N3O/c1-13-16(14(2)20-17-13)12-18-8-10-19(11-9-18)15-6-4-3-5-7-15/h3-7H,8-12H2,1-2H3/p+1. The summed E-state index contributed by atoms with van der Waals surface area (Å²) in [5, 5.41) is 4.05. The summed E-state index contributed by atoms with van der Waals surface area (Å²) in [7, 11) is 0. The quantitative estimate of drug-likeness (QED) is 0.911. The van der Waals surface area contributed by atoms with Crippen LogP contribution in [-0.2, 0) is 6.54 Å². The molecule has 1 aliphatic heterocycles. The Hall–Kier alpha value is -1.81. The average molecular weight is 272 g/mol. The van der Waals surface area contributed by atoms with E-state index in [9.17, 15) is 0 Å². The first kappa shape index (κ1) is 13.2. The molecular formula is C16H22N3O+. The number of quaternary nitrogens is 1. The van der Waals surface area contributed by atoms with Crippen molar-refractivity contribution in [3.8, 4) is 0 Å². The lowest BCUT2D eigenvalue weighted by atomic mass is 10.1. The molecule has 3 rings (SSSR count). The number of nitrogens with one attached hydrogen (secondary N) is 1. The monoisotopic (exact) mass is 272 g/mol. The van der Waals surface area contributed by atoms with E-state index in [1.165, 1.54) is 24.3 Å². The largest absolute Gasteiger partial charge is 0.361 e. The van der Waals surface area contributed by atoms with Gasteiger partial charge in [-0.1, -0.05) is 23.4 Å². The molecule has 0 aliphatic carbocycles. The van der Waals surface area contributed by atoms with Gasteiger partial charge in [0.2, 0.25) is 0 Å². The van der Waals surface area contributed by atoms with Gasteiger partial charge in [-0.3, -0.25) is 0 Å². The summed E-state index contributed by atoms with van der Waals surface area (Å²) in [5.74, 6) is 0.973. The van der Waals surface area contributed by atoms with E-state index in [4.69, 9.17) is 4.52 Å². The SMILES string of the molecule is Cc1noc(C)c1C[NH+]1CCN(c2ccccc2)CC1. The number of nitrogens with zero attached hydrogens (tertiary/aromatic N) is 2. The Kier molecular flexibility index (Phi) is 3.74. The predicted molar refractivity (Wildman–Crippen MR) is 79.0 cm³/mol. The van der Waals surface area contributed by atoms with Crippen LogP contribution in [0, 0.1) is 13.8 Å². The lowest BCUT2D eigenvalue weighted by molar-refractivity contribution is -0.914. The van der Waals surface area contributed by atoms with Crippen molar-refractivity contribution in [2.45, 2.75) is 20.4 Å². The van der Waals surface area contributed by atoms with E-state index in [0.717, 1.165) is 31.1 Å². The molecule has 1 saturated heterocycles. The molecule has 4 nitrogen and oxygen atoms in total. The van der Waals surface area contributed by atoms with Gasteiger partial charge in [0.1, 0.15) is 12.3 Å². The van der Waals surface area contributed by atoms with Crippen LogP contribution in [0.25, 0.3) is 0 Å². The van der Waals surface area contributed by atoms with Crippen LogP contribution in [0.3, 0.4) is 0 Å². The third kappa shape index (κ3) is 2.70. The Balaban J connectivity index is 1.59. The van der Waals surface area contributed by atoms with Gasteiger partial charge >= 0.3 is 0 Å². The molecule has 0 saturated carbocycles. The zero-order chi connectivity index (χ0) is 13.9. The van der Waals surface area contributed by atoms with Crippen molar-refractivity contribution in [2.75, 3.05) is 31.1 Å². The molecule has 0 amide bonds. The molecule has 1 N–H and O–H groups in total. The van der Waals surface area contributed by atoms with E-state index in [1.807, 2.05) is 13.8 Å². The van der Waals surface area contributed by atoms with Crippen molar-refractivity contribution < 1.29 is 9.42 Å². The maximum absolute atomic E-state index is 5.25. The Morgan fingerprint density at radius 2 is 1.85 bits per heavy atom. The fourth-order valence-corrected chi connectivity index (χ4v) is 2.90. The maximum atomic E-state index is 5.25. The van der Waals surface area contributed by atoms with Gasteiger partial charge in [0, 0.05) is 5.69 Å². The predicted octanol–water partition coefficient (Wildman–Crippen LogP) is 1.20. The molecule has 1 aromatic carbocycles. The molecule has 0 spiro atoms. The number of rotatable bonds is 3. The number of piperazine rings is 1. The van der Waals surface area contributed by atoms with Gasteiger partial charge in [0.15, 0.2) is 0 Å². The Bertz CT molecular complexity index is 537. The van der Waals surface area contributed by atoms with E-state index in [0.29, 0.717) is 0 Å². The topological polar surface area (TPSA) is 33.7 Å². The van der Waals surface area contributed by atoms with Gasteiger partial charge < -0.3 is 14.3 Å². The van der Waals surface area contributed by atoms with Crippen molar-refractivity contribution >= 4 is 5.69 Å². The van der Waals surface area contributed by atoms with Crippen LogP contribution in [0.5, 0.6) is 0 Å². The van der Waals surface area contributed by atoms with Crippen LogP contribution < -0.4 is 9.80 Å². The van der Waals surface area contributed by atoms with Gasteiger partial charge in [-0.2, -0.15) is 0 Å². The molecular weight excluding hydrogens is 250 g/mol. The highest BCUT2D eigenvalue weighted by Gasteiger charge is 2.22. The van der Waals surface area contributed by atoms with E-state index in [-0.39, 0.29) is 0 Å². The molecule has 0 atom stereocenters. The first-order valence-corrected chi connectivity index (χ1v) is 7.29. The second-order valence-electron chi connectivity index (χ2n) is 5.55. The van der Waals surface area contributed by atoms with Gasteiger partial charge in [-0.05, 0) is 26.0 Å². The molecule has 0 unspecified atom stereocenters. The summed E-state index contributed by atoms with van der Waals surface area (Å²) >= 11 is 0. The molecule has 1 fully saturated rings. The van der Waals surface area contributed by atoms with Gasteiger partial charge in [-0.15, -0.1) is 0 Å². The summed E-state index contributed by atoms with van der Waals surface area (Å²) in [6.07, 6.45) is 0. The average Bonchev–Trinajstić information content (AvgIpc) is 2.81. The number of aryl methyl sites for hydroxylation is 2. The fourth-order valence-electron chi connectivity index (χ4n) is 2.90. The van der Waals surface area contributed by atoms with E-state index in [2.05, 4.69) is 40.4 Å². The van der Waals surface area contributed by atoms with Crippen molar-refractivity contribution in [1.29, 1.82) is 0 Å². The summed E-state index contributed by atoms with van der Waals surface area (Å²) in [6.45, 7) is 9.63. The second-order valence-corrected chi connectivity index (χ2v) is 5.55. The minimum atomic E-state index is 0.973. The fraction of sp³-hybridized carbons (Fsp3) is 0.438. The van der Waals surface area contributed by atoms with Crippen LogP contribution in [0.1, 0.15) is 17.0 Å². The number of benzene rings is 1.